The van der Waals surface area contributed by atoms with E-state index in [-0.39, 0.29) is 5.90 Å². The molecule has 0 saturated carbocycles. The first-order valence-electron chi connectivity index (χ1n) is 1.86. The molecule has 0 spiro atoms. The normalized spacial score (nSPS) is 7.71. The molecule has 0 saturated heterocycles. The summed E-state index contributed by atoms with van der Waals surface area (Å²) in [5.74, 6) is -0.500. The average Bonchev–Trinajstić information content (AvgIpc) is 1.27. The summed E-state index contributed by atoms with van der Waals surface area (Å²) in [5, 5.41) is 6.58. The lowest BCUT2D eigenvalue weighted by Gasteiger charge is -1.91. The SMILES string of the molecule is CC(=N)OC(C)=O. The van der Waals surface area contributed by atoms with E-state index in [0.717, 1.165) is 0 Å². The molecule has 0 aromatic carbocycles. The average molecular weight is 101 g/mol. The zero-order chi connectivity index (χ0) is 5.86. The van der Waals surface area contributed by atoms with E-state index >= 15 is 0 Å². The fraction of sp³-hybridized carbons (Fsp3) is 0.500. The zero-order valence-corrected chi connectivity index (χ0v) is 4.32. The van der Waals surface area contributed by atoms with Gasteiger partial charge in [0.25, 0.3) is 0 Å². The predicted molar refractivity (Wildman–Crippen MR) is 25.2 cm³/mol. The molecule has 1 N–H and O–H groups in total. The highest BCUT2D eigenvalue weighted by Gasteiger charge is 1.89. The van der Waals surface area contributed by atoms with E-state index in [9.17, 15) is 4.79 Å². The van der Waals surface area contributed by atoms with Crippen LogP contribution in [0.15, 0.2) is 0 Å². The molecule has 0 aromatic rings. The largest absolute Gasteiger partial charge is 0.413 e. The van der Waals surface area contributed by atoms with Gasteiger partial charge in [-0.2, -0.15) is 0 Å². The van der Waals surface area contributed by atoms with Gasteiger partial charge in [-0.25, -0.2) is 0 Å². The second-order valence-electron chi connectivity index (χ2n) is 1.15. The van der Waals surface area contributed by atoms with Gasteiger partial charge >= 0.3 is 5.97 Å². The summed E-state index contributed by atoms with van der Waals surface area (Å²) in [6, 6.07) is 0. The first-order valence-corrected chi connectivity index (χ1v) is 1.86. The van der Waals surface area contributed by atoms with Gasteiger partial charge in [-0.05, 0) is 0 Å². The first-order chi connectivity index (χ1) is 3.13. The molecule has 0 bridgehead atoms. The molecular formula is C4H7NO2. The Hall–Kier alpha value is -0.860. The topological polar surface area (TPSA) is 50.1 Å². The fourth-order valence-electron chi connectivity index (χ4n) is 0.216. The zero-order valence-electron chi connectivity index (χ0n) is 4.32. The van der Waals surface area contributed by atoms with Crippen LogP contribution in [-0.2, 0) is 9.53 Å². The standard InChI is InChI=1S/C4H7NO2/c1-3(5)7-4(2)6/h5H,1-2H3. The Balaban J connectivity index is 3.32. The van der Waals surface area contributed by atoms with Crippen molar-refractivity contribution in [3.8, 4) is 0 Å². The summed E-state index contributed by atoms with van der Waals surface area (Å²) in [6.45, 7) is 2.67. The number of esters is 1. The molecule has 0 unspecified atom stereocenters. The van der Waals surface area contributed by atoms with E-state index in [2.05, 4.69) is 4.74 Å². The van der Waals surface area contributed by atoms with Gasteiger partial charge in [0.05, 0.1) is 0 Å². The summed E-state index contributed by atoms with van der Waals surface area (Å²) in [5.41, 5.74) is 0. The Morgan fingerprint density at radius 1 is 1.57 bits per heavy atom. The fourth-order valence-corrected chi connectivity index (χ4v) is 0.216. The van der Waals surface area contributed by atoms with Crippen LogP contribution in [0.25, 0.3) is 0 Å². The summed E-state index contributed by atoms with van der Waals surface area (Å²) < 4.78 is 4.19. The monoisotopic (exact) mass is 101 g/mol. The van der Waals surface area contributed by atoms with Crippen LogP contribution < -0.4 is 0 Å². The lowest BCUT2D eigenvalue weighted by atomic mass is 10.7. The second-order valence-corrected chi connectivity index (χ2v) is 1.15. The smallest absolute Gasteiger partial charge is 0.309 e. The van der Waals surface area contributed by atoms with Gasteiger partial charge in [0.1, 0.15) is 0 Å². The molecule has 0 aliphatic heterocycles. The Morgan fingerprint density at radius 3 is 2.00 bits per heavy atom. The second kappa shape index (κ2) is 2.34. The van der Waals surface area contributed by atoms with Crippen molar-refractivity contribution in [2.75, 3.05) is 0 Å². The molecule has 7 heavy (non-hydrogen) atoms. The molecule has 0 fully saturated rings. The van der Waals surface area contributed by atoms with Crippen molar-refractivity contribution >= 4 is 11.9 Å². The molecule has 0 aliphatic carbocycles. The Morgan fingerprint density at radius 2 is 2.00 bits per heavy atom. The molecule has 0 aliphatic rings. The molecule has 0 rings (SSSR count). The van der Waals surface area contributed by atoms with Crippen molar-refractivity contribution < 1.29 is 9.53 Å². The first kappa shape index (κ1) is 6.14. The van der Waals surface area contributed by atoms with Crippen molar-refractivity contribution in [3.63, 3.8) is 0 Å². The van der Waals surface area contributed by atoms with Crippen LogP contribution >= 0.6 is 0 Å². The number of carbonyl (C=O) groups excluding carboxylic acids is 1. The van der Waals surface area contributed by atoms with Gasteiger partial charge in [-0.15, -0.1) is 0 Å². The minimum absolute atomic E-state index is 0.0625. The number of rotatable bonds is 0. The summed E-state index contributed by atoms with van der Waals surface area (Å²) in [7, 11) is 0. The third kappa shape index (κ3) is 5.14. The molecule has 0 amide bonds. The molecule has 0 atom stereocenters. The van der Waals surface area contributed by atoms with Crippen molar-refractivity contribution in [1.82, 2.24) is 0 Å². The Labute approximate surface area is 41.8 Å². The molecule has 0 radical (unpaired) electrons. The predicted octanol–water partition coefficient (Wildman–Crippen LogP) is 0.547. The van der Waals surface area contributed by atoms with E-state index in [1.165, 1.54) is 13.8 Å². The van der Waals surface area contributed by atoms with Crippen LogP contribution in [0.1, 0.15) is 13.8 Å². The number of nitrogens with one attached hydrogen (secondary N) is 1. The Kier molecular flexibility index (Phi) is 2.05. The maximum atomic E-state index is 9.89. The van der Waals surface area contributed by atoms with Crippen LogP contribution in [0.5, 0.6) is 0 Å². The van der Waals surface area contributed by atoms with Crippen LogP contribution in [-0.4, -0.2) is 11.9 Å². The van der Waals surface area contributed by atoms with E-state index in [1.807, 2.05) is 0 Å². The third-order valence-electron chi connectivity index (χ3n) is 0.297. The highest BCUT2D eigenvalue weighted by atomic mass is 16.5. The van der Waals surface area contributed by atoms with E-state index < -0.39 is 5.97 Å². The summed E-state index contributed by atoms with van der Waals surface area (Å²) in [6.07, 6.45) is 0. The van der Waals surface area contributed by atoms with Crippen molar-refractivity contribution in [1.29, 1.82) is 5.41 Å². The molecule has 3 heteroatoms. The van der Waals surface area contributed by atoms with Crippen molar-refractivity contribution in [3.05, 3.63) is 0 Å². The number of ether oxygens (including phenoxy) is 1. The highest BCUT2D eigenvalue weighted by molar-refractivity contribution is 5.84. The lowest BCUT2D eigenvalue weighted by molar-refractivity contribution is -0.133. The molecule has 3 nitrogen and oxygen atoms in total. The molecule has 0 aromatic heterocycles. The Bertz CT molecular complexity index is 85.9. The number of hydrogen-bond donors (Lipinski definition) is 1. The van der Waals surface area contributed by atoms with Gasteiger partial charge in [0.15, 0.2) is 5.90 Å². The minimum atomic E-state index is -0.437. The third-order valence-corrected chi connectivity index (χ3v) is 0.297. The van der Waals surface area contributed by atoms with Crippen LogP contribution in [0.4, 0.5) is 0 Å². The number of carbonyl (C=O) groups is 1. The van der Waals surface area contributed by atoms with Gasteiger partial charge in [-0.1, -0.05) is 0 Å². The molecule has 0 heterocycles. The summed E-state index contributed by atoms with van der Waals surface area (Å²) >= 11 is 0. The van der Waals surface area contributed by atoms with E-state index in [1.54, 1.807) is 0 Å². The van der Waals surface area contributed by atoms with Crippen LogP contribution in [0.2, 0.25) is 0 Å². The van der Waals surface area contributed by atoms with E-state index in [0.29, 0.717) is 0 Å². The minimum Gasteiger partial charge on any atom is -0.413 e. The van der Waals surface area contributed by atoms with Gasteiger partial charge in [0, 0.05) is 13.8 Å². The van der Waals surface area contributed by atoms with Crippen LogP contribution in [0.3, 0.4) is 0 Å². The van der Waals surface area contributed by atoms with Gasteiger partial charge in [0.2, 0.25) is 0 Å². The van der Waals surface area contributed by atoms with Gasteiger partial charge < -0.3 is 4.74 Å². The van der Waals surface area contributed by atoms with Crippen molar-refractivity contribution in [2.45, 2.75) is 13.8 Å². The maximum absolute atomic E-state index is 9.89. The molecular weight excluding hydrogens is 94.0 g/mol. The van der Waals surface area contributed by atoms with Crippen molar-refractivity contribution in [2.24, 2.45) is 0 Å². The number of hydrogen-bond acceptors (Lipinski definition) is 3. The molecule has 40 valence electrons. The maximum Gasteiger partial charge on any atom is 0.309 e. The lowest BCUT2D eigenvalue weighted by Crippen LogP contribution is -2.02. The quantitative estimate of drug-likeness (QED) is 0.275. The highest BCUT2D eigenvalue weighted by Crippen LogP contribution is 1.74. The van der Waals surface area contributed by atoms with Crippen LogP contribution in [0, 0.1) is 5.41 Å². The van der Waals surface area contributed by atoms with Gasteiger partial charge in [-0.3, -0.25) is 10.2 Å². The summed E-state index contributed by atoms with van der Waals surface area (Å²) in [4.78, 5) is 9.89. The van der Waals surface area contributed by atoms with E-state index in [4.69, 9.17) is 5.41 Å².